The van der Waals surface area contributed by atoms with Gasteiger partial charge in [0.1, 0.15) is 0 Å². The molecule has 1 aliphatic carbocycles. The van der Waals surface area contributed by atoms with Gasteiger partial charge in [0.15, 0.2) is 0 Å². The van der Waals surface area contributed by atoms with Crippen LogP contribution in [0.1, 0.15) is 10.4 Å². The molecule has 7 aromatic carbocycles. The third-order valence-electron chi connectivity index (χ3n) is 9.51. The molecule has 0 fully saturated rings. The van der Waals surface area contributed by atoms with Crippen LogP contribution in [-0.2, 0) is 6.42 Å². The number of thiophene rings is 2. The zero-order chi connectivity index (χ0) is 29.5. The van der Waals surface area contributed by atoms with Crippen LogP contribution in [0, 0.1) is 0 Å². The lowest BCUT2D eigenvalue weighted by molar-refractivity contribution is 1.35. The van der Waals surface area contributed by atoms with Crippen LogP contribution in [0.25, 0.3) is 90.9 Å². The molecule has 0 atom stereocenters. The normalized spacial score (nSPS) is 13.1. The van der Waals surface area contributed by atoms with Crippen molar-refractivity contribution < 1.29 is 0 Å². The Balaban J connectivity index is 1.25. The molecule has 0 bridgehead atoms. The van der Waals surface area contributed by atoms with Gasteiger partial charge < -0.3 is 0 Å². The van der Waals surface area contributed by atoms with Crippen molar-refractivity contribution >= 4 is 91.3 Å². The minimum atomic E-state index is 0.991. The highest BCUT2D eigenvalue weighted by molar-refractivity contribution is 7.26. The number of hydrogen-bond acceptors (Lipinski definition) is 2. The van der Waals surface area contributed by atoms with Gasteiger partial charge in [-0.1, -0.05) is 127 Å². The van der Waals surface area contributed by atoms with Crippen molar-refractivity contribution in [2.24, 2.45) is 0 Å². The predicted molar refractivity (Wildman–Crippen MR) is 200 cm³/mol. The summed E-state index contributed by atoms with van der Waals surface area (Å²) >= 11 is 3.85. The molecule has 9 aromatic rings. The first-order chi connectivity index (χ1) is 22.3. The summed E-state index contributed by atoms with van der Waals surface area (Å²) in [6.07, 6.45) is 9.87. The zero-order valence-electron chi connectivity index (χ0n) is 24.4. The Morgan fingerprint density at radius 1 is 0.422 bits per heavy atom. The quantitative estimate of drug-likeness (QED) is 0.172. The third kappa shape index (κ3) is 3.77. The second kappa shape index (κ2) is 9.74. The van der Waals surface area contributed by atoms with Gasteiger partial charge in [-0.15, -0.1) is 22.7 Å². The topological polar surface area (TPSA) is 0 Å². The van der Waals surface area contributed by atoms with Gasteiger partial charge in [0.2, 0.25) is 0 Å². The molecule has 0 nitrogen and oxygen atoms in total. The first-order valence-electron chi connectivity index (χ1n) is 15.5. The Kier molecular flexibility index (Phi) is 5.48. The number of rotatable bonds is 2. The van der Waals surface area contributed by atoms with Crippen LogP contribution >= 0.6 is 22.7 Å². The Morgan fingerprint density at radius 2 is 1.00 bits per heavy atom. The van der Waals surface area contributed by atoms with E-state index in [-0.39, 0.29) is 0 Å². The summed E-state index contributed by atoms with van der Waals surface area (Å²) in [5.74, 6) is 0. The molecule has 0 aliphatic heterocycles. The van der Waals surface area contributed by atoms with Crippen LogP contribution in [0.15, 0.2) is 140 Å². The van der Waals surface area contributed by atoms with E-state index in [9.17, 15) is 0 Å². The molecule has 0 saturated heterocycles. The molecule has 2 heteroatoms. The summed E-state index contributed by atoms with van der Waals surface area (Å²) in [6.45, 7) is 0. The maximum atomic E-state index is 2.45. The molecule has 1 aliphatic rings. The summed E-state index contributed by atoms with van der Waals surface area (Å²) in [5, 5.41) is 11.9. The van der Waals surface area contributed by atoms with Gasteiger partial charge in [-0.3, -0.25) is 0 Å². The van der Waals surface area contributed by atoms with Gasteiger partial charge in [-0.05, 0) is 78.3 Å². The second-order valence-corrected chi connectivity index (χ2v) is 14.1. The molecule has 0 saturated carbocycles. The van der Waals surface area contributed by atoms with Gasteiger partial charge in [0, 0.05) is 41.6 Å². The van der Waals surface area contributed by atoms with E-state index in [0.29, 0.717) is 0 Å². The number of fused-ring (bicyclic) bond motifs is 12. The van der Waals surface area contributed by atoms with E-state index in [0.717, 1.165) is 6.42 Å². The Labute approximate surface area is 268 Å². The maximum absolute atomic E-state index is 2.45. The van der Waals surface area contributed by atoms with Gasteiger partial charge in [-0.2, -0.15) is 0 Å². The van der Waals surface area contributed by atoms with Crippen molar-refractivity contribution in [1.82, 2.24) is 0 Å². The van der Waals surface area contributed by atoms with E-state index in [1.54, 1.807) is 0 Å². The fourth-order valence-corrected chi connectivity index (χ4v) is 9.96. The molecule has 0 spiro atoms. The Bertz CT molecular complexity index is 2730. The van der Waals surface area contributed by atoms with E-state index >= 15 is 0 Å². The lowest BCUT2D eigenvalue weighted by atomic mass is 9.90. The molecule has 45 heavy (non-hydrogen) atoms. The van der Waals surface area contributed by atoms with E-state index in [1.807, 2.05) is 22.7 Å². The van der Waals surface area contributed by atoms with E-state index in [2.05, 4.69) is 146 Å². The molecule has 0 N–H and O–H groups in total. The van der Waals surface area contributed by atoms with E-state index < -0.39 is 0 Å². The van der Waals surface area contributed by atoms with Crippen molar-refractivity contribution in [1.29, 1.82) is 0 Å². The molecular weight excluding hydrogens is 581 g/mol. The molecular formula is C43H26S2. The fraction of sp³-hybridized carbons (Fsp3) is 0.0233. The predicted octanol–water partition coefficient (Wildman–Crippen LogP) is 13.2. The summed E-state index contributed by atoms with van der Waals surface area (Å²) in [4.78, 5) is 1.44. The van der Waals surface area contributed by atoms with Gasteiger partial charge in [-0.25, -0.2) is 0 Å². The zero-order valence-corrected chi connectivity index (χ0v) is 26.0. The lowest BCUT2D eigenvalue weighted by Crippen LogP contribution is -1.87. The summed E-state index contributed by atoms with van der Waals surface area (Å²) in [7, 11) is 0. The van der Waals surface area contributed by atoms with Gasteiger partial charge in [0.05, 0.1) is 0 Å². The molecule has 2 heterocycles. The van der Waals surface area contributed by atoms with Crippen molar-refractivity contribution in [3.63, 3.8) is 0 Å². The van der Waals surface area contributed by atoms with Crippen LogP contribution in [0.5, 0.6) is 0 Å². The average Bonchev–Trinajstić information content (AvgIpc) is 3.57. The van der Waals surface area contributed by atoms with Crippen molar-refractivity contribution in [3.05, 3.63) is 150 Å². The molecule has 0 unspecified atom stereocenters. The lowest BCUT2D eigenvalue weighted by Gasteiger charge is -2.14. The minimum absolute atomic E-state index is 0.991. The highest BCUT2D eigenvalue weighted by Gasteiger charge is 2.17. The van der Waals surface area contributed by atoms with Crippen molar-refractivity contribution in [2.45, 2.75) is 6.42 Å². The first-order valence-corrected chi connectivity index (χ1v) is 17.1. The van der Waals surface area contributed by atoms with Crippen LogP contribution < -0.4 is 0 Å². The highest BCUT2D eigenvalue weighted by Crippen LogP contribution is 2.45. The largest absolute Gasteiger partial charge is 0.139 e. The molecule has 10 rings (SSSR count). The summed E-state index contributed by atoms with van der Waals surface area (Å²) in [5.41, 5.74) is 6.54. The van der Waals surface area contributed by atoms with Gasteiger partial charge >= 0.3 is 0 Å². The van der Waals surface area contributed by atoms with Crippen LogP contribution in [-0.4, -0.2) is 0 Å². The molecule has 2 aromatic heterocycles. The molecule has 0 amide bonds. The monoisotopic (exact) mass is 606 g/mol. The summed E-state index contributed by atoms with van der Waals surface area (Å²) < 4.78 is 4.08. The standard InChI is InChI=1S/C43H26S2/c1-2-12-34-36-16-8-14-28(42(36)44-40(34)18-3-1)26-20-22-32-30-10-4-5-11-31(30)33-23-21-27(25-39(33)38(32)24-26)29-15-9-17-37-35-13-6-7-19-41(35)45-43(29)37/h1-17,19-25H,18H2. The molecule has 210 valence electrons. The summed E-state index contributed by atoms with van der Waals surface area (Å²) in [6, 6.07) is 45.5. The van der Waals surface area contributed by atoms with Crippen molar-refractivity contribution in [2.75, 3.05) is 0 Å². The first kappa shape index (κ1) is 25.3. The fourth-order valence-electron chi connectivity index (χ4n) is 7.42. The Hall–Kier alpha value is -5.02. The van der Waals surface area contributed by atoms with E-state index in [1.165, 1.54) is 95.3 Å². The number of hydrogen-bond donors (Lipinski definition) is 0. The van der Waals surface area contributed by atoms with Crippen LogP contribution in [0.4, 0.5) is 0 Å². The molecule has 0 radical (unpaired) electrons. The average molecular weight is 607 g/mol. The highest BCUT2D eigenvalue weighted by atomic mass is 32.1. The number of benzene rings is 7. The third-order valence-corrected chi connectivity index (χ3v) is 12.0. The Morgan fingerprint density at radius 3 is 1.71 bits per heavy atom. The van der Waals surface area contributed by atoms with Gasteiger partial charge in [0.25, 0.3) is 0 Å². The smallest absolute Gasteiger partial charge is 0.0433 e. The minimum Gasteiger partial charge on any atom is -0.139 e. The SMILES string of the molecule is C1=CCc2sc3c(-c4ccc5c6ccccc6c6ccc(-c7cccc8c7sc7ccccc78)cc6c5c4)cccc3c2C=C1. The maximum Gasteiger partial charge on any atom is 0.0433 e. The van der Waals surface area contributed by atoms with Crippen LogP contribution in [0.2, 0.25) is 0 Å². The van der Waals surface area contributed by atoms with Crippen molar-refractivity contribution in [3.8, 4) is 22.3 Å². The van der Waals surface area contributed by atoms with E-state index in [4.69, 9.17) is 0 Å². The van der Waals surface area contributed by atoms with Crippen LogP contribution in [0.3, 0.4) is 0 Å². The second-order valence-electron chi connectivity index (χ2n) is 12.0. The number of allylic oxidation sites excluding steroid dienone is 3.